The molecule has 1 amide bonds. The van der Waals surface area contributed by atoms with Crippen LogP contribution in [0.1, 0.15) is 45.3 Å². The fourth-order valence-corrected chi connectivity index (χ4v) is 2.90. The number of morpholine rings is 1. The maximum absolute atomic E-state index is 11.9. The van der Waals surface area contributed by atoms with Crippen LogP contribution in [0.5, 0.6) is 0 Å². The van der Waals surface area contributed by atoms with Crippen molar-refractivity contribution in [2.75, 3.05) is 19.6 Å². The molecule has 1 aliphatic rings. The van der Waals surface area contributed by atoms with Crippen LogP contribution in [0.15, 0.2) is 4.52 Å². The van der Waals surface area contributed by atoms with Crippen molar-refractivity contribution in [3.63, 3.8) is 0 Å². The summed E-state index contributed by atoms with van der Waals surface area (Å²) >= 11 is 0. The molecule has 1 saturated heterocycles. The van der Waals surface area contributed by atoms with E-state index < -0.39 is 0 Å². The average molecular weight is 324 g/mol. The molecule has 7 nitrogen and oxygen atoms in total. The molecule has 2 rings (SSSR count). The zero-order valence-corrected chi connectivity index (χ0v) is 14.5. The highest BCUT2D eigenvalue weighted by molar-refractivity contribution is 5.75. The molecule has 0 aromatic carbocycles. The minimum absolute atomic E-state index is 0.0717. The molecule has 1 N–H and O–H groups in total. The largest absolute Gasteiger partial charge is 0.373 e. The molecular formula is C16H28N4O3. The summed E-state index contributed by atoms with van der Waals surface area (Å²) in [5.41, 5.74) is 0. The van der Waals surface area contributed by atoms with E-state index in [1.807, 2.05) is 0 Å². The maximum atomic E-state index is 11.9. The summed E-state index contributed by atoms with van der Waals surface area (Å²) in [5.74, 6) is 1.30. The van der Waals surface area contributed by atoms with Crippen LogP contribution in [-0.4, -0.2) is 58.8 Å². The summed E-state index contributed by atoms with van der Waals surface area (Å²) in [6.45, 7) is 10.6. The molecule has 3 atom stereocenters. The van der Waals surface area contributed by atoms with Crippen molar-refractivity contribution < 1.29 is 14.1 Å². The highest BCUT2D eigenvalue weighted by Gasteiger charge is 2.25. The van der Waals surface area contributed by atoms with Gasteiger partial charge in [0, 0.05) is 38.5 Å². The second kappa shape index (κ2) is 8.40. The van der Waals surface area contributed by atoms with Gasteiger partial charge in [-0.05, 0) is 34.1 Å². The van der Waals surface area contributed by atoms with Crippen LogP contribution in [0.2, 0.25) is 0 Å². The number of nitrogens with one attached hydrogen (secondary N) is 1. The number of ether oxygens (including phenoxy) is 1. The second-order valence-corrected chi connectivity index (χ2v) is 6.45. The Balaban J connectivity index is 1.63. The van der Waals surface area contributed by atoms with Gasteiger partial charge in [-0.15, -0.1) is 0 Å². The van der Waals surface area contributed by atoms with Gasteiger partial charge in [-0.3, -0.25) is 9.69 Å². The van der Waals surface area contributed by atoms with Crippen LogP contribution >= 0.6 is 0 Å². The first kappa shape index (κ1) is 17.9. The van der Waals surface area contributed by atoms with E-state index in [0.717, 1.165) is 13.1 Å². The Morgan fingerprint density at radius 1 is 1.39 bits per heavy atom. The number of carbonyl (C=O) groups excluding carboxylic acids is 1. The van der Waals surface area contributed by atoms with Crippen molar-refractivity contribution in [2.45, 2.75) is 65.2 Å². The van der Waals surface area contributed by atoms with Gasteiger partial charge in [-0.25, -0.2) is 0 Å². The van der Waals surface area contributed by atoms with Crippen LogP contribution in [0, 0.1) is 6.92 Å². The summed E-state index contributed by atoms with van der Waals surface area (Å²) < 4.78 is 10.8. The number of amides is 1. The summed E-state index contributed by atoms with van der Waals surface area (Å²) in [6, 6.07) is 0.311. The lowest BCUT2D eigenvalue weighted by molar-refractivity contribution is -0.121. The van der Waals surface area contributed by atoms with E-state index >= 15 is 0 Å². The first-order valence-electron chi connectivity index (χ1n) is 8.39. The fourth-order valence-electron chi connectivity index (χ4n) is 2.90. The Kier molecular flexibility index (Phi) is 6.53. The van der Waals surface area contributed by atoms with Gasteiger partial charge >= 0.3 is 0 Å². The molecule has 2 heterocycles. The number of nitrogens with zero attached hydrogens (tertiary/aromatic N) is 3. The van der Waals surface area contributed by atoms with E-state index in [0.29, 0.717) is 43.6 Å². The normalized spacial score (nSPS) is 23.7. The monoisotopic (exact) mass is 324 g/mol. The Labute approximate surface area is 137 Å². The first-order valence-corrected chi connectivity index (χ1v) is 8.39. The Hall–Kier alpha value is -1.47. The van der Waals surface area contributed by atoms with E-state index in [1.54, 1.807) is 6.92 Å². The SMILES string of the molecule is Cc1noc(CCCC(=O)NC[C@@H](C)N2C[C@@H](C)O[C@@H](C)C2)n1. The van der Waals surface area contributed by atoms with Crippen molar-refractivity contribution >= 4 is 5.91 Å². The standard InChI is InChI=1S/C16H28N4O3/c1-11(20-9-12(2)22-13(3)10-20)8-17-15(21)6-5-7-16-18-14(4)19-23-16/h11-13H,5-10H2,1-4H3,(H,17,21)/t11-,12-,13+/m1/s1. The first-order chi connectivity index (χ1) is 10.9. The molecule has 0 bridgehead atoms. The van der Waals surface area contributed by atoms with Crippen LogP contribution in [0.3, 0.4) is 0 Å². The molecule has 0 saturated carbocycles. The molecule has 0 unspecified atom stereocenters. The number of rotatable bonds is 7. The van der Waals surface area contributed by atoms with Crippen LogP contribution < -0.4 is 5.32 Å². The predicted octanol–water partition coefficient (Wildman–Crippen LogP) is 1.31. The molecule has 1 aromatic rings. The van der Waals surface area contributed by atoms with Gasteiger partial charge in [-0.1, -0.05) is 5.16 Å². The topological polar surface area (TPSA) is 80.5 Å². The molecule has 0 aliphatic carbocycles. The van der Waals surface area contributed by atoms with Crippen molar-refractivity contribution in [3.8, 4) is 0 Å². The van der Waals surface area contributed by atoms with E-state index in [1.165, 1.54) is 0 Å². The molecule has 1 aliphatic heterocycles. The Bertz CT molecular complexity index is 495. The molecule has 0 spiro atoms. The fraction of sp³-hybridized carbons (Fsp3) is 0.812. The number of aromatic nitrogens is 2. The molecule has 0 radical (unpaired) electrons. The van der Waals surface area contributed by atoms with Crippen molar-refractivity contribution in [1.82, 2.24) is 20.4 Å². The number of carbonyl (C=O) groups is 1. The third kappa shape index (κ3) is 5.91. The summed E-state index contributed by atoms with van der Waals surface area (Å²) in [5, 5.41) is 6.75. The predicted molar refractivity (Wildman–Crippen MR) is 86.0 cm³/mol. The Morgan fingerprint density at radius 3 is 2.70 bits per heavy atom. The quantitative estimate of drug-likeness (QED) is 0.814. The molecule has 130 valence electrons. The van der Waals surface area contributed by atoms with E-state index in [9.17, 15) is 4.79 Å². The van der Waals surface area contributed by atoms with E-state index in [4.69, 9.17) is 9.26 Å². The van der Waals surface area contributed by atoms with Gasteiger partial charge in [0.25, 0.3) is 0 Å². The highest BCUT2D eigenvalue weighted by atomic mass is 16.5. The van der Waals surface area contributed by atoms with Gasteiger partial charge in [0.2, 0.25) is 11.8 Å². The zero-order chi connectivity index (χ0) is 16.8. The van der Waals surface area contributed by atoms with Gasteiger partial charge < -0.3 is 14.6 Å². The lowest BCUT2D eigenvalue weighted by atomic mass is 10.1. The molecule has 1 aromatic heterocycles. The van der Waals surface area contributed by atoms with Gasteiger partial charge in [0.15, 0.2) is 5.82 Å². The van der Waals surface area contributed by atoms with Gasteiger partial charge in [0.05, 0.1) is 12.2 Å². The van der Waals surface area contributed by atoms with Gasteiger partial charge in [0.1, 0.15) is 0 Å². The number of hydrogen-bond donors (Lipinski definition) is 1. The molecule has 1 fully saturated rings. The van der Waals surface area contributed by atoms with Gasteiger partial charge in [-0.2, -0.15) is 4.98 Å². The second-order valence-electron chi connectivity index (χ2n) is 6.45. The summed E-state index contributed by atoms with van der Waals surface area (Å²) in [7, 11) is 0. The van der Waals surface area contributed by atoms with Crippen LogP contribution in [-0.2, 0) is 16.0 Å². The molecule has 7 heteroatoms. The summed E-state index contributed by atoms with van der Waals surface area (Å²) in [4.78, 5) is 18.4. The van der Waals surface area contributed by atoms with E-state index in [-0.39, 0.29) is 18.1 Å². The van der Waals surface area contributed by atoms with Crippen molar-refractivity contribution in [2.24, 2.45) is 0 Å². The summed E-state index contributed by atoms with van der Waals surface area (Å²) in [6.07, 6.45) is 2.32. The third-order valence-electron chi connectivity index (χ3n) is 4.03. The maximum Gasteiger partial charge on any atom is 0.226 e. The molecular weight excluding hydrogens is 296 g/mol. The third-order valence-corrected chi connectivity index (χ3v) is 4.03. The highest BCUT2D eigenvalue weighted by Crippen LogP contribution is 2.13. The lowest BCUT2D eigenvalue weighted by Gasteiger charge is -2.39. The lowest BCUT2D eigenvalue weighted by Crippen LogP contribution is -2.52. The smallest absolute Gasteiger partial charge is 0.226 e. The minimum atomic E-state index is 0.0717. The van der Waals surface area contributed by atoms with Crippen LogP contribution in [0.25, 0.3) is 0 Å². The number of aryl methyl sites for hydroxylation is 2. The van der Waals surface area contributed by atoms with Crippen molar-refractivity contribution in [1.29, 1.82) is 0 Å². The van der Waals surface area contributed by atoms with Crippen molar-refractivity contribution in [3.05, 3.63) is 11.7 Å². The zero-order valence-electron chi connectivity index (χ0n) is 14.5. The van der Waals surface area contributed by atoms with E-state index in [2.05, 4.69) is 41.1 Å². The number of hydrogen-bond acceptors (Lipinski definition) is 6. The minimum Gasteiger partial charge on any atom is -0.373 e. The van der Waals surface area contributed by atoms with Crippen LogP contribution in [0.4, 0.5) is 0 Å². The molecule has 23 heavy (non-hydrogen) atoms. The average Bonchev–Trinajstić information content (AvgIpc) is 2.89. The Morgan fingerprint density at radius 2 is 2.09 bits per heavy atom.